The number of allylic oxidation sites excluding steroid dienone is 1. The fraction of sp³-hybridized carbons (Fsp3) is 0.368. The number of fused-ring (bicyclic) bond motifs is 3. The second kappa shape index (κ2) is 23.8. The lowest BCUT2D eigenvalue weighted by Gasteiger charge is -2.60. The van der Waals surface area contributed by atoms with E-state index in [1.807, 2.05) is 54.6 Å². The number of benzene rings is 5. The minimum atomic E-state index is -1.59. The van der Waals surface area contributed by atoms with Gasteiger partial charge < -0.3 is 34.0 Å². The summed E-state index contributed by atoms with van der Waals surface area (Å²) in [5, 5.41) is 38.4. The van der Waals surface area contributed by atoms with Crippen molar-refractivity contribution in [2.24, 2.45) is 22.9 Å². The molecule has 71 heavy (non-hydrogen) atoms. The summed E-state index contributed by atoms with van der Waals surface area (Å²) in [6.45, 7) is 8.21. The first-order valence-corrected chi connectivity index (χ1v) is 24.5. The molecule has 8 rings (SSSR count). The number of hydrogen-bond acceptors (Lipinski definition) is 11. The largest absolute Gasteiger partial charge is 0.489 e. The van der Waals surface area contributed by atoms with Crippen molar-refractivity contribution >= 4 is 28.3 Å². The number of oxime groups is 1. The highest BCUT2D eigenvalue weighted by Crippen LogP contribution is 2.62. The van der Waals surface area contributed by atoms with Crippen molar-refractivity contribution in [1.82, 2.24) is 4.90 Å². The molecule has 3 aliphatic rings. The van der Waals surface area contributed by atoms with Crippen molar-refractivity contribution in [3.63, 3.8) is 0 Å². The molecule has 0 saturated heterocycles. The number of halogens is 1. The molecule has 2 N–H and O–H groups in total. The van der Waals surface area contributed by atoms with Gasteiger partial charge in [0, 0.05) is 48.8 Å². The lowest BCUT2D eigenvalue weighted by Crippen LogP contribution is -2.70. The van der Waals surface area contributed by atoms with Gasteiger partial charge in [0.15, 0.2) is 0 Å². The van der Waals surface area contributed by atoms with E-state index < -0.39 is 28.8 Å². The number of carbonyl (C=O) groups excluding carboxylic acids is 1. The molecule has 0 aromatic heterocycles. The maximum atomic E-state index is 15.0. The lowest BCUT2D eigenvalue weighted by atomic mass is 9.55. The van der Waals surface area contributed by atoms with Crippen molar-refractivity contribution < 1.29 is 48.1 Å². The number of amides is 1. The van der Waals surface area contributed by atoms with E-state index in [1.165, 1.54) is 18.2 Å². The topological polar surface area (TPSA) is 162 Å². The van der Waals surface area contributed by atoms with Crippen LogP contribution in [0.3, 0.4) is 0 Å². The first kappa shape index (κ1) is 50.5. The fourth-order valence-corrected chi connectivity index (χ4v) is 10.6. The smallest absolute Gasteiger partial charge is 0.410 e. The number of nitrogens with zero attached hydrogens (tertiary/aromatic N) is 3. The molecule has 0 radical (unpaired) electrons. The Morgan fingerprint density at radius 2 is 1.65 bits per heavy atom. The minimum absolute atomic E-state index is 0.000706. The van der Waals surface area contributed by atoms with E-state index in [1.54, 1.807) is 53.5 Å². The number of non-ortho nitro benzene ring substituents is 1. The van der Waals surface area contributed by atoms with Crippen molar-refractivity contribution in [3.05, 3.63) is 184 Å². The predicted octanol–water partition coefficient (Wildman–Crippen LogP) is 11.5. The van der Waals surface area contributed by atoms with Gasteiger partial charge in [-0.05, 0) is 108 Å². The number of aliphatic hydroxyl groups excluding tert-OH is 2. The maximum Gasteiger partial charge on any atom is 0.410 e. The summed E-state index contributed by atoms with van der Waals surface area (Å²) in [6, 6.07) is 31.3. The summed E-state index contributed by atoms with van der Waals surface area (Å²) in [7, 11) is 0. The molecule has 1 saturated carbocycles. The standard InChI is InChI=1S/C57H62FN3O10/c1-3-5-32-67-56(64)60(36-42-19-14-18-40-15-6-8-20-46(40)42)53-35-51(59-70-37-39-23-25-44(26-24-39)61(65)66)48-33-41(16-10-12-29-62)47(21-11-13-30-63)54-49-34-45(68-38-43-17-7-9-22-50(43)58)27-28-52(49)71-57(53,55(48)54)69-31-4-2/h3-4,6-9,14-15,17-20,22-28,33-34,41,47,53-55,62-63H,1-2,5,10-13,16,21,29-32,35-38H2/t41-,47+,53-,54+,55+,57+/m0/s1. The molecule has 13 nitrogen and oxygen atoms in total. The van der Waals surface area contributed by atoms with Gasteiger partial charge in [-0.3, -0.25) is 15.0 Å². The van der Waals surface area contributed by atoms with E-state index in [9.17, 15) is 24.7 Å². The van der Waals surface area contributed by atoms with Crippen LogP contribution in [0, 0.1) is 33.7 Å². The molecule has 372 valence electrons. The summed E-state index contributed by atoms with van der Waals surface area (Å²) in [5.41, 5.74) is 4.12. The molecule has 1 fully saturated rings. The van der Waals surface area contributed by atoms with Crippen molar-refractivity contribution in [2.75, 3.05) is 26.4 Å². The molecule has 0 spiro atoms. The SMILES string of the molecule is C=CCCOC(=O)N(Cc1cccc2ccccc12)[C@H]1CC(=NOCc2ccc([N+](=O)[O-])cc2)C2=C[C@H](CCCCO)[C@@H](CCCCO)[C@@H]3c4cc(OCc5ccccc5F)ccc4O[C@@]1(OCC=C)[C@H]23. The molecule has 5 aromatic carbocycles. The molecule has 0 bridgehead atoms. The summed E-state index contributed by atoms with van der Waals surface area (Å²) in [6.07, 6.45) is 9.65. The molecule has 14 heteroatoms. The van der Waals surface area contributed by atoms with Crippen molar-refractivity contribution in [2.45, 2.75) is 88.9 Å². The van der Waals surface area contributed by atoms with Crippen LogP contribution in [0.5, 0.6) is 11.5 Å². The van der Waals surface area contributed by atoms with Crippen LogP contribution in [0.15, 0.2) is 151 Å². The quantitative estimate of drug-likeness (QED) is 0.0263. The number of rotatable bonds is 24. The number of aliphatic hydroxyl groups is 2. The van der Waals surface area contributed by atoms with Gasteiger partial charge >= 0.3 is 6.09 Å². The first-order chi connectivity index (χ1) is 34.7. The van der Waals surface area contributed by atoms with Gasteiger partial charge in [-0.2, -0.15) is 0 Å². The second-order valence-electron chi connectivity index (χ2n) is 18.3. The summed E-state index contributed by atoms with van der Waals surface area (Å²) in [5.74, 6) is -2.04. The van der Waals surface area contributed by atoms with Crippen LogP contribution in [0.25, 0.3) is 10.8 Å². The summed E-state index contributed by atoms with van der Waals surface area (Å²) < 4.78 is 42.0. The highest BCUT2D eigenvalue weighted by Gasteiger charge is 2.65. The number of ether oxygens (including phenoxy) is 4. The van der Waals surface area contributed by atoms with Crippen molar-refractivity contribution in [1.29, 1.82) is 0 Å². The number of nitro groups is 1. The Morgan fingerprint density at radius 3 is 2.41 bits per heavy atom. The molecule has 2 aliphatic carbocycles. The first-order valence-electron chi connectivity index (χ1n) is 24.5. The average molecular weight is 968 g/mol. The zero-order valence-electron chi connectivity index (χ0n) is 39.9. The number of carbonyl (C=O) groups is 1. The van der Waals surface area contributed by atoms with Crippen LogP contribution in [0.1, 0.15) is 79.5 Å². The van der Waals surface area contributed by atoms with Gasteiger partial charge in [-0.1, -0.05) is 96.9 Å². The zero-order chi connectivity index (χ0) is 49.7. The third-order valence-electron chi connectivity index (χ3n) is 13.9. The zero-order valence-corrected chi connectivity index (χ0v) is 39.9. The lowest BCUT2D eigenvalue weighted by molar-refractivity contribution is -0.384. The van der Waals surface area contributed by atoms with E-state index in [4.69, 9.17) is 28.9 Å². The highest BCUT2D eigenvalue weighted by atomic mass is 19.1. The second-order valence-corrected chi connectivity index (χ2v) is 18.3. The van der Waals surface area contributed by atoms with Crippen LogP contribution >= 0.6 is 0 Å². The van der Waals surface area contributed by atoms with Crippen LogP contribution in [-0.2, 0) is 34.1 Å². The number of unbranched alkanes of at least 4 members (excludes halogenated alkanes) is 2. The monoisotopic (exact) mass is 967 g/mol. The van der Waals surface area contributed by atoms with E-state index >= 15 is 4.79 Å². The fourth-order valence-electron chi connectivity index (χ4n) is 10.6. The highest BCUT2D eigenvalue weighted by molar-refractivity contribution is 6.03. The summed E-state index contributed by atoms with van der Waals surface area (Å²) >= 11 is 0. The predicted molar refractivity (Wildman–Crippen MR) is 269 cm³/mol. The molecule has 6 atom stereocenters. The normalized spacial score (nSPS) is 21.5. The minimum Gasteiger partial charge on any atom is -0.489 e. The van der Waals surface area contributed by atoms with E-state index in [-0.39, 0.29) is 81.9 Å². The number of nitro benzene ring substituents is 1. The molecule has 1 heterocycles. The van der Waals surface area contributed by atoms with Crippen LogP contribution in [-0.4, -0.2) is 70.1 Å². The molecule has 1 amide bonds. The van der Waals surface area contributed by atoms with Gasteiger partial charge in [0.2, 0.25) is 5.79 Å². The van der Waals surface area contributed by atoms with Gasteiger partial charge in [-0.25, -0.2) is 9.18 Å². The molecule has 1 aliphatic heterocycles. The molecule has 5 aromatic rings. The Hall–Kier alpha value is -6.87. The van der Waals surface area contributed by atoms with Gasteiger partial charge in [-0.15, -0.1) is 13.2 Å². The third kappa shape index (κ3) is 11.4. The Kier molecular flexibility index (Phi) is 17.0. The third-order valence-corrected chi connectivity index (χ3v) is 13.9. The van der Waals surface area contributed by atoms with Crippen molar-refractivity contribution in [3.8, 4) is 11.5 Å². The Labute approximate surface area is 414 Å². The maximum absolute atomic E-state index is 15.0. The van der Waals surface area contributed by atoms with E-state index in [2.05, 4.69) is 19.2 Å². The average Bonchev–Trinajstić information content (AvgIpc) is 3.38. The molecular weight excluding hydrogens is 906 g/mol. The Bertz CT molecular complexity index is 2720. The van der Waals surface area contributed by atoms with Crippen LogP contribution in [0.2, 0.25) is 0 Å². The van der Waals surface area contributed by atoms with Crippen LogP contribution in [0.4, 0.5) is 14.9 Å². The van der Waals surface area contributed by atoms with E-state index in [0.29, 0.717) is 54.0 Å². The van der Waals surface area contributed by atoms with E-state index in [0.717, 1.165) is 46.7 Å². The molecule has 0 unspecified atom stereocenters. The Morgan fingerprint density at radius 1 is 0.901 bits per heavy atom. The van der Waals surface area contributed by atoms with Gasteiger partial charge in [0.1, 0.15) is 36.6 Å². The summed E-state index contributed by atoms with van der Waals surface area (Å²) in [4.78, 5) is 34.0. The van der Waals surface area contributed by atoms with Gasteiger partial charge in [0.25, 0.3) is 5.69 Å². The van der Waals surface area contributed by atoms with Gasteiger partial charge in [0.05, 0.1) is 36.3 Å². The number of hydrogen-bond donors (Lipinski definition) is 2. The Balaban J connectivity index is 1.33. The van der Waals surface area contributed by atoms with Crippen LogP contribution < -0.4 is 9.47 Å². The molecular formula is C57H62FN3O10.